The number of nitrogens with one attached hydrogen (secondary N) is 1. The van der Waals surface area contributed by atoms with Crippen LogP contribution in [0.4, 0.5) is 0 Å². The minimum atomic E-state index is 0.753. The normalized spacial score (nSPS) is 33.4. The lowest BCUT2D eigenvalue weighted by Crippen LogP contribution is -2.41. The molecule has 15 heavy (non-hydrogen) atoms. The molecule has 0 bridgehead atoms. The Hall–Kier alpha value is 0.270. The van der Waals surface area contributed by atoms with Gasteiger partial charge in [-0.1, -0.05) is 26.2 Å². The van der Waals surface area contributed by atoms with Gasteiger partial charge < -0.3 is 10.1 Å². The Kier molecular flexibility index (Phi) is 4.79. The molecule has 2 unspecified atom stereocenters. The molecule has 0 aromatic rings. The zero-order chi connectivity index (χ0) is 10.5. The van der Waals surface area contributed by atoms with E-state index in [1.165, 1.54) is 32.1 Å². The van der Waals surface area contributed by atoms with Gasteiger partial charge in [0, 0.05) is 11.3 Å². The molecular formula is C12H23NOS. The van der Waals surface area contributed by atoms with Gasteiger partial charge >= 0.3 is 0 Å². The molecule has 2 nitrogen and oxygen atoms in total. The summed E-state index contributed by atoms with van der Waals surface area (Å²) in [5.41, 5.74) is 0. The summed E-state index contributed by atoms with van der Waals surface area (Å²) in [7, 11) is 0. The molecule has 2 atom stereocenters. The fourth-order valence-electron chi connectivity index (χ4n) is 2.47. The SMILES string of the molecule is CCNC1CCCCCC1SC1COC1. The molecule has 2 fully saturated rings. The van der Waals surface area contributed by atoms with E-state index in [2.05, 4.69) is 24.0 Å². The monoisotopic (exact) mass is 229 g/mol. The van der Waals surface area contributed by atoms with Crippen molar-refractivity contribution in [3.05, 3.63) is 0 Å². The van der Waals surface area contributed by atoms with E-state index in [0.717, 1.165) is 36.3 Å². The molecule has 0 spiro atoms. The summed E-state index contributed by atoms with van der Waals surface area (Å²) < 4.78 is 5.26. The van der Waals surface area contributed by atoms with Crippen molar-refractivity contribution >= 4 is 11.8 Å². The molecule has 2 aliphatic rings. The maximum atomic E-state index is 5.26. The third-order valence-electron chi connectivity index (χ3n) is 3.39. The minimum absolute atomic E-state index is 0.753. The quantitative estimate of drug-likeness (QED) is 0.748. The highest BCUT2D eigenvalue weighted by Gasteiger charge is 2.29. The second-order valence-electron chi connectivity index (χ2n) is 4.64. The second-order valence-corrected chi connectivity index (χ2v) is 6.18. The van der Waals surface area contributed by atoms with Crippen LogP contribution in [0.25, 0.3) is 0 Å². The standard InChI is InChI=1S/C12H23NOS/c1-2-13-11-6-4-3-5-7-12(11)15-10-8-14-9-10/h10-13H,2-9H2,1H3. The predicted octanol–water partition coefficient (Wildman–Crippen LogP) is 2.43. The Balaban J connectivity index is 1.83. The third-order valence-corrected chi connectivity index (χ3v) is 4.96. The first-order valence-electron chi connectivity index (χ1n) is 6.36. The van der Waals surface area contributed by atoms with E-state index < -0.39 is 0 Å². The zero-order valence-corrected chi connectivity index (χ0v) is 10.5. The van der Waals surface area contributed by atoms with Crippen LogP contribution in [0.5, 0.6) is 0 Å². The lowest BCUT2D eigenvalue weighted by Gasteiger charge is -2.33. The highest BCUT2D eigenvalue weighted by atomic mass is 32.2. The van der Waals surface area contributed by atoms with Crippen molar-refractivity contribution in [3.63, 3.8) is 0 Å². The maximum absolute atomic E-state index is 5.26. The summed E-state index contributed by atoms with van der Waals surface area (Å²) in [6, 6.07) is 0.753. The van der Waals surface area contributed by atoms with Crippen LogP contribution in [0, 0.1) is 0 Å². The summed E-state index contributed by atoms with van der Waals surface area (Å²) in [6.07, 6.45) is 7.04. The molecule has 88 valence electrons. The topological polar surface area (TPSA) is 21.3 Å². The van der Waals surface area contributed by atoms with E-state index in [-0.39, 0.29) is 0 Å². The van der Waals surface area contributed by atoms with Gasteiger partial charge in [-0.25, -0.2) is 0 Å². The van der Waals surface area contributed by atoms with Crippen LogP contribution in [0.15, 0.2) is 0 Å². The Bertz CT molecular complexity index is 184. The lowest BCUT2D eigenvalue weighted by atomic mass is 10.1. The molecule has 1 aliphatic heterocycles. The van der Waals surface area contributed by atoms with Crippen molar-refractivity contribution in [2.45, 2.75) is 55.6 Å². The molecular weight excluding hydrogens is 206 g/mol. The Morgan fingerprint density at radius 3 is 2.67 bits per heavy atom. The van der Waals surface area contributed by atoms with Crippen LogP contribution in [-0.2, 0) is 4.74 Å². The van der Waals surface area contributed by atoms with E-state index in [0.29, 0.717) is 0 Å². The molecule has 0 aromatic carbocycles. The number of hydrogen-bond acceptors (Lipinski definition) is 3. The number of hydrogen-bond donors (Lipinski definition) is 1. The fraction of sp³-hybridized carbons (Fsp3) is 1.00. The largest absolute Gasteiger partial charge is 0.379 e. The van der Waals surface area contributed by atoms with Crippen molar-refractivity contribution < 1.29 is 4.74 Å². The van der Waals surface area contributed by atoms with Gasteiger partial charge in [0.2, 0.25) is 0 Å². The highest BCUT2D eigenvalue weighted by molar-refractivity contribution is 8.00. The number of thioether (sulfide) groups is 1. The van der Waals surface area contributed by atoms with E-state index in [9.17, 15) is 0 Å². The van der Waals surface area contributed by atoms with E-state index in [1.54, 1.807) is 0 Å². The first kappa shape index (κ1) is 11.7. The van der Waals surface area contributed by atoms with Gasteiger partial charge in [-0.2, -0.15) is 0 Å². The van der Waals surface area contributed by atoms with Crippen molar-refractivity contribution in [2.24, 2.45) is 0 Å². The first-order chi connectivity index (χ1) is 7.40. The van der Waals surface area contributed by atoms with E-state index in [4.69, 9.17) is 4.74 Å². The molecule has 2 rings (SSSR count). The van der Waals surface area contributed by atoms with Crippen molar-refractivity contribution in [1.82, 2.24) is 5.32 Å². The number of ether oxygens (including phenoxy) is 1. The first-order valence-corrected chi connectivity index (χ1v) is 7.31. The smallest absolute Gasteiger partial charge is 0.0608 e. The van der Waals surface area contributed by atoms with Gasteiger partial charge in [-0.3, -0.25) is 0 Å². The Labute approximate surface area is 97.5 Å². The zero-order valence-electron chi connectivity index (χ0n) is 9.71. The molecule has 1 saturated heterocycles. The molecule has 1 heterocycles. The molecule has 1 saturated carbocycles. The fourth-order valence-corrected chi connectivity index (χ4v) is 4.04. The van der Waals surface area contributed by atoms with Crippen LogP contribution in [-0.4, -0.2) is 36.3 Å². The summed E-state index contributed by atoms with van der Waals surface area (Å²) in [5, 5.41) is 5.29. The summed E-state index contributed by atoms with van der Waals surface area (Å²) in [6.45, 7) is 5.31. The Morgan fingerprint density at radius 1 is 1.20 bits per heavy atom. The van der Waals surface area contributed by atoms with Crippen molar-refractivity contribution in [2.75, 3.05) is 19.8 Å². The van der Waals surface area contributed by atoms with Crippen molar-refractivity contribution in [1.29, 1.82) is 0 Å². The Morgan fingerprint density at radius 2 is 2.00 bits per heavy atom. The van der Waals surface area contributed by atoms with Gasteiger partial charge in [0.1, 0.15) is 0 Å². The van der Waals surface area contributed by atoms with Gasteiger partial charge in [-0.05, 0) is 19.4 Å². The van der Waals surface area contributed by atoms with E-state index >= 15 is 0 Å². The lowest BCUT2D eigenvalue weighted by molar-refractivity contribution is 0.0452. The van der Waals surface area contributed by atoms with Crippen LogP contribution < -0.4 is 5.32 Å². The predicted molar refractivity (Wildman–Crippen MR) is 66.5 cm³/mol. The van der Waals surface area contributed by atoms with Crippen LogP contribution in [0.1, 0.15) is 39.0 Å². The van der Waals surface area contributed by atoms with Crippen LogP contribution in [0.3, 0.4) is 0 Å². The second kappa shape index (κ2) is 6.12. The van der Waals surface area contributed by atoms with Crippen LogP contribution in [0.2, 0.25) is 0 Å². The maximum Gasteiger partial charge on any atom is 0.0608 e. The summed E-state index contributed by atoms with van der Waals surface area (Å²) >= 11 is 2.18. The molecule has 1 N–H and O–H groups in total. The van der Waals surface area contributed by atoms with E-state index in [1.807, 2.05) is 0 Å². The third kappa shape index (κ3) is 3.36. The van der Waals surface area contributed by atoms with Gasteiger partial charge in [0.05, 0.1) is 18.5 Å². The average molecular weight is 229 g/mol. The highest BCUT2D eigenvalue weighted by Crippen LogP contribution is 2.33. The van der Waals surface area contributed by atoms with Gasteiger partial charge in [0.25, 0.3) is 0 Å². The summed E-state index contributed by atoms with van der Waals surface area (Å²) in [4.78, 5) is 0. The minimum Gasteiger partial charge on any atom is -0.379 e. The molecule has 1 aliphatic carbocycles. The number of rotatable bonds is 4. The van der Waals surface area contributed by atoms with Gasteiger partial charge in [-0.15, -0.1) is 11.8 Å². The molecule has 3 heteroatoms. The van der Waals surface area contributed by atoms with Crippen LogP contribution >= 0.6 is 11.8 Å². The molecule has 0 aromatic heterocycles. The molecule has 0 amide bonds. The summed E-state index contributed by atoms with van der Waals surface area (Å²) in [5.74, 6) is 0. The van der Waals surface area contributed by atoms with Gasteiger partial charge in [0.15, 0.2) is 0 Å². The average Bonchev–Trinajstić information content (AvgIpc) is 2.38. The van der Waals surface area contributed by atoms with Crippen molar-refractivity contribution in [3.8, 4) is 0 Å². The molecule has 0 radical (unpaired) electrons.